The first kappa shape index (κ1) is 16.4. The number of fused-ring (bicyclic) bond motifs is 1. The molecule has 0 spiro atoms. The second-order valence-corrected chi connectivity index (χ2v) is 6.92. The minimum atomic E-state index is -0.728. The first-order chi connectivity index (χ1) is 11.4. The van der Waals surface area contributed by atoms with Crippen molar-refractivity contribution in [1.82, 2.24) is 0 Å². The van der Waals surface area contributed by atoms with Gasteiger partial charge in [-0.2, -0.15) is 0 Å². The maximum absolute atomic E-state index is 12.2. The van der Waals surface area contributed by atoms with Crippen LogP contribution >= 0.6 is 0 Å². The van der Waals surface area contributed by atoms with Gasteiger partial charge in [-0.1, -0.05) is 57.2 Å². The van der Waals surface area contributed by atoms with Crippen LogP contribution in [-0.2, 0) is 21.6 Å². The molecule has 24 heavy (non-hydrogen) atoms. The van der Waals surface area contributed by atoms with E-state index in [0.717, 1.165) is 5.56 Å². The van der Waals surface area contributed by atoms with E-state index in [0.29, 0.717) is 11.5 Å². The Kier molecular flexibility index (Phi) is 4.47. The van der Waals surface area contributed by atoms with Crippen LogP contribution in [0.1, 0.15) is 31.9 Å². The van der Waals surface area contributed by atoms with Gasteiger partial charge in [0.1, 0.15) is 13.2 Å². The van der Waals surface area contributed by atoms with Crippen molar-refractivity contribution < 1.29 is 19.0 Å². The number of ether oxygens (including phenoxy) is 3. The molecule has 0 saturated carbocycles. The van der Waals surface area contributed by atoms with E-state index < -0.39 is 12.1 Å². The lowest BCUT2D eigenvalue weighted by atomic mass is 9.87. The Morgan fingerprint density at radius 1 is 1.08 bits per heavy atom. The van der Waals surface area contributed by atoms with Gasteiger partial charge in [-0.25, -0.2) is 4.79 Å². The number of benzene rings is 2. The highest BCUT2D eigenvalue weighted by Gasteiger charge is 2.28. The van der Waals surface area contributed by atoms with Crippen molar-refractivity contribution in [2.24, 2.45) is 0 Å². The molecule has 2 aromatic carbocycles. The van der Waals surface area contributed by atoms with Crippen molar-refractivity contribution in [3.05, 3.63) is 59.7 Å². The fourth-order valence-corrected chi connectivity index (χ4v) is 2.48. The summed E-state index contributed by atoms with van der Waals surface area (Å²) in [5.41, 5.74) is 2.31. The van der Waals surface area contributed by atoms with E-state index in [1.165, 1.54) is 5.56 Å². The second-order valence-electron chi connectivity index (χ2n) is 6.92. The van der Waals surface area contributed by atoms with Crippen LogP contribution < -0.4 is 9.47 Å². The lowest BCUT2D eigenvalue weighted by molar-refractivity contribution is -0.155. The molecule has 3 rings (SSSR count). The van der Waals surface area contributed by atoms with Crippen molar-refractivity contribution in [3.8, 4) is 11.5 Å². The van der Waals surface area contributed by atoms with E-state index in [1.807, 2.05) is 30.3 Å². The van der Waals surface area contributed by atoms with Crippen LogP contribution in [0.4, 0.5) is 0 Å². The third-order valence-corrected chi connectivity index (χ3v) is 3.97. The highest BCUT2D eigenvalue weighted by molar-refractivity contribution is 5.76. The maximum Gasteiger partial charge on any atom is 0.351 e. The Morgan fingerprint density at radius 3 is 2.42 bits per heavy atom. The molecule has 0 radical (unpaired) electrons. The summed E-state index contributed by atoms with van der Waals surface area (Å²) in [6, 6.07) is 15.4. The van der Waals surface area contributed by atoms with Gasteiger partial charge in [-0.3, -0.25) is 0 Å². The van der Waals surface area contributed by atoms with Gasteiger partial charge >= 0.3 is 5.97 Å². The SMILES string of the molecule is CC(C)(C)c1ccc(COC(=O)[C@@H]2COc3ccccc3O2)cc1. The first-order valence-corrected chi connectivity index (χ1v) is 8.08. The van der Waals surface area contributed by atoms with E-state index in [-0.39, 0.29) is 18.6 Å². The number of esters is 1. The summed E-state index contributed by atoms with van der Waals surface area (Å²) in [6.45, 7) is 6.89. The number of carbonyl (C=O) groups is 1. The lowest BCUT2D eigenvalue weighted by Gasteiger charge is -2.25. The van der Waals surface area contributed by atoms with E-state index in [4.69, 9.17) is 14.2 Å². The molecule has 0 amide bonds. The average molecular weight is 326 g/mol. The fourth-order valence-electron chi connectivity index (χ4n) is 2.48. The summed E-state index contributed by atoms with van der Waals surface area (Å²) in [5, 5.41) is 0. The van der Waals surface area contributed by atoms with E-state index >= 15 is 0 Å². The Hall–Kier alpha value is -2.49. The molecule has 1 aliphatic heterocycles. The number of para-hydroxylation sites is 2. The number of hydrogen-bond donors (Lipinski definition) is 0. The average Bonchev–Trinajstić information content (AvgIpc) is 2.59. The van der Waals surface area contributed by atoms with Gasteiger partial charge in [0.05, 0.1) is 0 Å². The fraction of sp³-hybridized carbons (Fsp3) is 0.350. The topological polar surface area (TPSA) is 44.8 Å². The largest absolute Gasteiger partial charge is 0.485 e. The van der Waals surface area contributed by atoms with Crippen molar-refractivity contribution in [2.75, 3.05) is 6.61 Å². The summed E-state index contributed by atoms with van der Waals surface area (Å²) >= 11 is 0. The van der Waals surface area contributed by atoms with Crippen LogP contribution in [-0.4, -0.2) is 18.7 Å². The van der Waals surface area contributed by atoms with Crippen LogP contribution in [0.25, 0.3) is 0 Å². The molecule has 0 saturated heterocycles. The van der Waals surface area contributed by atoms with Gasteiger partial charge in [-0.05, 0) is 28.7 Å². The highest BCUT2D eigenvalue weighted by atomic mass is 16.6. The molecule has 1 heterocycles. The zero-order valence-electron chi connectivity index (χ0n) is 14.2. The van der Waals surface area contributed by atoms with Crippen molar-refractivity contribution in [3.63, 3.8) is 0 Å². The number of hydrogen-bond acceptors (Lipinski definition) is 4. The van der Waals surface area contributed by atoms with Crippen molar-refractivity contribution in [1.29, 1.82) is 0 Å². The minimum Gasteiger partial charge on any atom is -0.485 e. The van der Waals surface area contributed by atoms with Crippen LogP contribution in [0.3, 0.4) is 0 Å². The molecule has 4 heteroatoms. The highest BCUT2D eigenvalue weighted by Crippen LogP contribution is 2.31. The molecule has 2 aromatic rings. The second kappa shape index (κ2) is 6.56. The number of rotatable bonds is 3. The zero-order valence-corrected chi connectivity index (χ0v) is 14.2. The Morgan fingerprint density at radius 2 is 1.75 bits per heavy atom. The Bertz CT molecular complexity index is 713. The van der Waals surface area contributed by atoms with Crippen LogP contribution in [0.15, 0.2) is 48.5 Å². The standard InChI is InChI=1S/C20H22O4/c1-20(2,3)15-10-8-14(9-11-15)12-23-19(21)18-13-22-16-6-4-5-7-17(16)24-18/h4-11,18H,12-13H2,1-3H3/t18-/m0/s1. The smallest absolute Gasteiger partial charge is 0.351 e. The summed E-state index contributed by atoms with van der Waals surface area (Å²) in [5.74, 6) is 0.809. The molecular formula is C20H22O4. The minimum absolute atomic E-state index is 0.107. The molecule has 0 unspecified atom stereocenters. The predicted octanol–water partition coefficient (Wildman–Crippen LogP) is 3.87. The maximum atomic E-state index is 12.2. The van der Waals surface area contributed by atoms with Gasteiger partial charge < -0.3 is 14.2 Å². The normalized spacial score (nSPS) is 16.5. The summed E-state index contributed by atoms with van der Waals surface area (Å²) in [4.78, 5) is 12.2. The van der Waals surface area contributed by atoms with E-state index in [9.17, 15) is 4.79 Å². The molecule has 0 aromatic heterocycles. The Labute approximate surface area is 142 Å². The molecule has 0 aliphatic carbocycles. The predicted molar refractivity (Wildman–Crippen MR) is 91.3 cm³/mol. The molecule has 0 fully saturated rings. The van der Waals surface area contributed by atoms with Gasteiger partial charge in [0, 0.05) is 0 Å². The molecule has 1 aliphatic rings. The molecular weight excluding hydrogens is 304 g/mol. The monoisotopic (exact) mass is 326 g/mol. The molecule has 0 bridgehead atoms. The number of carbonyl (C=O) groups excluding carboxylic acids is 1. The van der Waals surface area contributed by atoms with Crippen molar-refractivity contribution >= 4 is 5.97 Å². The van der Waals surface area contributed by atoms with Gasteiger partial charge in [-0.15, -0.1) is 0 Å². The third-order valence-electron chi connectivity index (χ3n) is 3.97. The van der Waals surface area contributed by atoms with Crippen LogP contribution in [0.5, 0.6) is 11.5 Å². The van der Waals surface area contributed by atoms with Crippen LogP contribution in [0.2, 0.25) is 0 Å². The molecule has 1 atom stereocenters. The van der Waals surface area contributed by atoms with Gasteiger partial charge in [0.15, 0.2) is 11.5 Å². The summed E-state index contributed by atoms with van der Waals surface area (Å²) < 4.78 is 16.5. The van der Waals surface area contributed by atoms with Gasteiger partial charge in [0.2, 0.25) is 6.10 Å². The van der Waals surface area contributed by atoms with Gasteiger partial charge in [0.25, 0.3) is 0 Å². The van der Waals surface area contributed by atoms with E-state index in [1.54, 1.807) is 6.07 Å². The third kappa shape index (κ3) is 3.70. The Balaban J connectivity index is 1.56. The zero-order chi connectivity index (χ0) is 17.2. The lowest BCUT2D eigenvalue weighted by Crippen LogP contribution is -2.37. The molecule has 4 nitrogen and oxygen atoms in total. The molecule has 126 valence electrons. The molecule has 0 N–H and O–H groups in total. The first-order valence-electron chi connectivity index (χ1n) is 8.08. The van der Waals surface area contributed by atoms with Crippen LogP contribution in [0, 0.1) is 0 Å². The summed E-state index contributed by atoms with van der Waals surface area (Å²) in [7, 11) is 0. The summed E-state index contributed by atoms with van der Waals surface area (Å²) in [6.07, 6.45) is -0.728. The van der Waals surface area contributed by atoms with E-state index in [2.05, 4.69) is 32.9 Å². The quantitative estimate of drug-likeness (QED) is 0.803. The van der Waals surface area contributed by atoms with Crippen molar-refractivity contribution in [2.45, 2.75) is 38.9 Å².